The monoisotopic (exact) mass is 183 g/mol. The first-order chi connectivity index (χ1) is 5.12. The van der Waals surface area contributed by atoms with Crippen LogP contribution in [0, 0.1) is 0 Å². The highest BCUT2D eigenvalue weighted by atomic mass is 32.2. The third-order valence-electron chi connectivity index (χ3n) is 1.02. The molecule has 0 aromatic carbocycles. The molecule has 0 spiro atoms. The number of hydrogen-bond acceptors (Lipinski definition) is 5. The molecule has 5 nitrogen and oxygen atoms in total. The van der Waals surface area contributed by atoms with E-state index in [4.69, 9.17) is 5.73 Å². The summed E-state index contributed by atoms with van der Waals surface area (Å²) < 4.78 is 25.4. The van der Waals surface area contributed by atoms with E-state index in [1.165, 1.54) is 0 Å². The summed E-state index contributed by atoms with van der Waals surface area (Å²) in [7, 11) is -2.33. The zero-order chi connectivity index (χ0) is 8.74. The minimum absolute atomic E-state index is 0.0436. The van der Waals surface area contributed by atoms with Crippen molar-refractivity contribution in [1.29, 1.82) is 0 Å². The van der Waals surface area contributed by atoms with Gasteiger partial charge in [0.15, 0.2) is 0 Å². The Morgan fingerprint density at radius 1 is 1.36 bits per heavy atom. The van der Waals surface area contributed by atoms with Crippen molar-refractivity contribution in [2.24, 2.45) is 5.73 Å². The summed E-state index contributed by atoms with van der Waals surface area (Å²) >= 11 is 0. The van der Waals surface area contributed by atoms with Crippen LogP contribution in [0.4, 0.5) is 0 Å². The van der Waals surface area contributed by atoms with Gasteiger partial charge in [0.05, 0.1) is 12.9 Å². The van der Waals surface area contributed by atoms with Crippen LogP contribution in [0.15, 0.2) is 0 Å². The lowest BCUT2D eigenvalue weighted by Gasteiger charge is -1.99. The van der Waals surface area contributed by atoms with Gasteiger partial charge in [-0.05, 0) is 19.4 Å². The molecule has 0 atom stereocenters. The average molecular weight is 183 g/mol. The highest BCUT2D eigenvalue weighted by Crippen LogP contribution is 1.97. The quantitative estimate of drug-likeness (QED) is 0.345. The van der Waals surface area contributed by atoms with E-state index in [9.17, 15) is 8.42 Å². The predicted molar refractivity (Wildman–Crippen MR) is 40.2 cm³/mol. The lowest BCUT2D eigenvalue weighted by Crippen LogP contribution is -2.11. The molecule has 0 aliphatic rings. The van der Waals surface area contributed by atoms with Crippen molar-refractivity contribution >= 4 is 10.1 Å². The van der Waals surface area contributed by atoms with Gasteiger partial charge in [-0.2, -0.15) is 8.42 Å². The molecule has 0 aliphatic heterocycles. The van der Waals surface area contributed by atoms with Crippen LogP contribution in [-0.4, -0.2) is 27.8 Å². The van der Waals surface area contributed by atoms with E-state index in [-0.39, 0.29) is 5.75 Å². The minimum Gasteiger partial charge on any atom is -0.330 e. The first-order valence-corrected chi connectivity index (χ1v) is 4.85. The van der Waals surface area contributed by atoms with Crippen LogP contribution >= 0.6 is 0 Å². The van der Waals surface area contributed by atoms with Crippen LogP contribution in [0.5, 0.6) is 0 Å². The van der Waals surface area contributed by atoms with Gasteiger partial charge in [-0.25, -0.2) is 4.89 Å². The Hall–Kier alpha value is -0.170. The van der Waals surface area contributed by atoms with Gasteiger partial charge in [0.25, 0.3) is 10.1 Å². The summed E-state index contributed by atoms with van der Waals surface area (Å²) in [4.78, 5) is 4.02. The van der Waals surface area contributed by atoms with Gasteiger partial charge < -0.3 is 5.73 Å². The van der Waals surface area contributed by atoms with E-state index in [0.29, 0.717) is 19.4 Å². The van der Waals surface area contributed by atoms with E-state index in [1.54, 1.807) is 0 Å². The Labute approximate surface area is 66.5 Å². The fraction of sp³-hybridized carbons (Fsp3) is 1.00. The van der Waals surface area contributed by atoms with Crippen LogP contribution in [0.25, 0.3) is 0 Å². The number of rotatable bonds is 6. The smallest absolute Gasteiger partial charge is 0.293 e. The Kier molecular flexibility index (Phi) is 5.39. The molecule has 68 valence electrons. The van der Waals surface area contributed by atoms with Gasteiger partial charge in [-0.1, -0.05) is 0 Å². The van der Waals surface area contributed by atoms with Crippen molar-refractivity contribution in [3.63, 3.8) is 0 Å². The lowest BCUT2D eigenvalue weighted by molar-refractivity contribution is -0.172. The Morgan fingerprint density at radius 3 is 2.45 bits per heavy atom. The average Bonchev–Trinajstić information content (AvgIpc) is 1.87. The fourth-order valence-electron chi connectivity index (χ4n) is 0.561. The maximum Gasteiger partial charge on any atom is 0.293 e. The van der Waals surface area contributed by atoms with Crippen LogP contribution in [0.2, 0.25) is 0 Å². The summed E-state index contributed by atoms with van der Waals surface area (Å²) in [5, 5.41) is 0. The lowest BCUT2D eigenvalue weighted by atomic mass is 10.3. The van der Waals surface area contributed by atoms with E-state index < -0.39 is 10.1 Å². The first kappa shape index (κ1) is 10.8. The summed E-state index contributed by atoms with van der Waals surface area (Å²) in [6.45, 7) is 0.489. The third-order valence-corrected chi connectivity index (χ3v) is 2.15. The summed E-state index contributed by atoms with van der Waals surface area (Å²) in [6.07, 6.45) is 1.18. The second kappa shape index (κ2) is 5.48. The van der Waals surface area contributed by atoms with E-state index in [1.807, 2.05) is 0 Å². The van der Waals surface area contributed by atoms with Crippen LogP contribution in [0.3, 0.4) is 0 Å². The Balaban J connectivity index is 3.56. The molecule has 0 bridgehead atoms. The van der Waals surface area contributed by atoms with Crippen molar-refractivity contribution in [1.82, 2.24) is 0 Å². The van der Waals surface area contributed by atoms with Crippen molar-refractivity contribution in [3.8, 4) is 0 Å². The molecule has 0 aliphatic carbocycles. The molecule has 0 heterocycles. The highest BCUT2D eigenvalue weighted by molar-refractivity contribution is 7.86. The normalized spacial score (nSPS) is 11.8. The van der Waals surface area contributed by atoms with Gasteiger partial charge in [0.2, 0.25) is 0 Å². The van der Waals surface area contributed by atoms with E-state index in [2.05, 4.69) is 9.22 Å². The van der Waals surface area contributed by atoms with Gasteiger partial charge in [0.1, 0.15) is 0 Å². The molecular formula is C5H13NO4S. The molecule has 0 amide bonds. The zero-order valence-corrected chi connectivity index (χ0v) is 7.26. The second-order valence-electron chi connectivity index (χ2n) is 1.99. The molecule has 0 saturated carbocycles. The molecule has 0 rings (SSSR count). The van der Waals surface area contributed by atoms with Gasteiger partial charge in [-0.3, -0.25) is 0 Å². The standard InChI is InChI=1S/C5H13NO4S/c1-9-10-11(7,8)5-3-2-4-6/h2-6H2,1H3. The Morgan fingerprint density at radius 2 is 2.00 bits per heavy atom. The van der Waals surface area contributed by atoms with Crippen molar-refractivity contribution in [3.05, 3.63) is 0 Å². The SMILES string of the molecule is COOS(=O)(=O)CCCCN. The summed E-state index contributed by atoms with van der Waals surface area (Å²) in [5.41, 5.74) is 5.16. The van der Waals surface area contributed by atoms with Gasteiger partial charge >= 0.3 is 0 Å². The predicted octanol–water partition coefficient (Wildman–Crippen LogP) is -0.367. The zero-order valence-electron chi connectivity index (χ0n) is 6.45. The topological polar surface area (TPSA) is 78.6 Å². The maximum atomic E-state index is 10.7. The van der Waals surface area contributed by atoms with Gasteiger partial charge in [-0.15, -0.1) is 4.33 Å². The molecule has 0 aromatic heterocycles. The number of nitrogens with two attached hydrogens (primary N) is 1. The van der Waals surface area contributed by atoms with E-state index in [0.717, 1.165) is 7.11 Å². The molecule has 0 radical (unpaired) electrons. The van der Waals surface area contributed by atoms with Crippen molar-refractivity contribution < 1.29 is 17.6 Å². The van der Waals surface area contributed by atoms with E-state index >= 15 is 0 Å². The molecule has 6 heteroatoms. The first-order valence-electron chi connectivity index (χ1n) is 3.27. The Bertz CT molecular complexity index is 177. The number of unbranched alkanes of at least 4 members (excludes halogenated alkanes) is 1. The van der Waals surface area contributed by atoms with Crippen LogP contribution in [0.1, 0.15) is 12.8 Å². The summed E-state index contributed by atoms with van der Waals surface area (Å²) in [5.74, 6) is -0.0436. The molecule has 0 fully saturated rings. The molecular weight excluding hydrogens is 170 g/mol. The highest BCUT2D eigenvalue weighted by Gasteiger charge is 2.09. The third kappa shape index (κ3) is 6.24. The van der Waals surface area contributed by atoms with Crippen molar-refractivity contribution in [2.45, 2.75) is 12.8 Å². The van der Waals surface area contributed by atoms with Crippen LogP contribution in [-0.2, 0) is 19.3 Å². The van der Waals surface area contributed by atoms with Crippen LogP contribution < -0.4 is 5.73 Å². The fourth-order valence-corrected chi connectivity index (χ4v) is 1.39. The number of hydrogen-bond donors (Lipinski definition) is 1. The molecule has 11 heavy (non-hydrogen) atoms. The molecule has 0 aromatic rings. The summed E-state index contributed by atoms with van der Waals surface area (Å²) in [6, 6.07) is 0. The molecule has 0 saturated heterocycles. The molecule has 0 unspecified atom stereocenters. The second-order valence-corrected chi connectivity index (χ2v) is 3.65. The molecule has 2 N–H and O–H groups in total. The maximum absolute atomic E-state index is 10.7. The largest absolute Gasteiger partial charge is 0.330 e. The van der Waals surface area contributed by atoms with Crippen molar-refractivity contribution in [2.75, 3.05) is 19.4 Å². The minimum atomic E-state index is -3.48. The van der Waals surface area contributed by atoms with Gasteiger partial charge in [0, 0.05) is 0 Å².